The van der Waals surface area contributed by atoms with Crippen LogP contribution in [0.3, 0.4) is 0 Å². The van der Waals surface area contributed by atoms with E-state index in [1.807, 2.05) is 0 Å². The molecule has 0 heterocycles. The third kappa shape index (κ3) is 7.84. The molecule has 2 rings (SSSR count). The molecule has 0 amide bonds. The lowest BCUT2D eigenvalue weighted by atomic mass is 9.84. The van der Waals surface area contributed by atoms with Crippen LogP contribution in [0, 0.1) is 5.92 Å². The lowest BCUT2D eigenvalue weighted by Gasteiger charge is -2.42. The monoisotopic (exact) mass is 462 g/mol. The second-order valence-electron chi connectivity index (χ2n) is 9.82. The maximum Gasteiger partial charge on any atom is 0.268 e. The van der Waals surface area contributed by atoms with E-state index >= 15 is 0 Å². The van der Waals surface area contributed by atoms with Crippen LogP contribution in [0.4, 0.5) is 0 Å². The van der Waals surface area contributed by atoms with Gasteiger partial charge in [0.25, 0.3) is 7.82 Å². The molecule has 0 aromatic heterocycles. The van der Waals surface area contributed by atoms with Crippen molar-refractivity contribution in [2.24, 2.45) is 5.92 Å². The maximum absolute atomic E-state index is 12.4. The van der Waals surface area contributed by atoms with Crippen molar-refractivity contribution in [2.45, 2.75) is 129 Å². The summed E-state index contributed by atoms with van der Waals surface area (Å²) in [7, 11) is -5.13. The lowest BCUT2D eigenvalue weighted by Crippen LogP contribution is -2.33. The molecule has 2 unspecified atom stereocenters. The Balaban J connectivity index is 1.93. The summed E-state index contributed by atoms with van der Waals surface area (Å²) in [6.45, 7) is 9.47. The van der Waals surface area contributed by atoms with Crippen molar-refractivity contribution >= 4 is 15.1 Å². The van der Waals surface area contributed by atoms with Gasteiger partial charge in [-0.3, -0.25) is 4.57 Å². The Hall–Kier alpha value is 0.540. The van der Waals surface area contributed by atoms with Crippen molar-refractivity contribution in [1.82, 2.24) is 0 Å². The van der Waals surface area contributed by atoms with Crippen LogP contribution in [-0.2, 0) is 13.6 Å². The van der Waals surface area contributed by atoms with Crippen LogP contribution in [-0.4, -0.2) is 36.4 Å². The first-order valence-corrected chi connectivity index (χ1v) is 16.8. The number of rotatable bonds is 13. The van der Waals surface area contributed by atoms with Crippen LogP contribution in [0.25, 0.3) is 0 Å². The van der Waals surface area contributed by atoms with Gasteiger partial charge in [-0.1, -0.05) is 47.0 Å². The van der Waals surface area contributed by atoms with Crippen LogP contribution in [0.15, 0.2) is 0 Å². The fraction of sp³-hybridized carbons (Fsp3) is 1.00. The highest BCUT2D eigenvalue weighted by Crippen LogP contribution is 2.68. The van der Waals surface area contributed by atoms with Crippen molar-refractivity contribution < 1.29 is 18.5 Å². The Bertz CT molecular complexity index is 496. The number of phosphoric ester groups is 1. The molecule has 0 N–H and O–H groups in total. The van der Waals surface area contributed by atoms with Crippen LogP contribution in [0.5, 0.6) is 0 Å². The van der Waals surface area contributed by atoms with Crippen molar-refractivity contribution in [3.05, 3.63) is 0 Å². The molecule has 2 atom stereocenters. The average molecular weight is 463 g/mol. The van der Waals surface area contributed by atoms with Crippen LogP contribution < -0.4 is 4.89 Å². The van der Waals surface area contributed by atoms with Gasteiger partial charge in [-0.2, -0.15) is 0 Å². The topological polar surface area (TPSA) is 58.6 Å². The molecule has 0 aromatic rings. The molecular weight excluding hydrogens is 414 g/mol. The van der Waals surface area contributed by atoms with Crippen molar-refractivity contribution in [3.63, 3.8) is 0 Å². The van der Waals surface area contributed by atoms with E-state index in [1.54, 1.807) is 0 Å². The predicted octanol–water partition coefficient (Wildman–Crippen LogP) is 7.41. The van der Waals surface area contributed by atoms with Gasteiger partial charge in [-0.05, 0) is 70.1 Å². The van der Waals surface area contributed by atoms with Crippen molar-refractivity contribution in [2.75, 3.05) is 18.5 Å². The summed E-state index contributed by atoms with van der Waals surface area (Å²) in [4.78, 5) is 12.4. The van der Waals surface area contributed by atoms with Crippen LogP contribution in [0.1, 0.15) is 111 Å². The first kappa shape index (κ1) is 26.8. The summed E-state index contributed by atoms with van der Waals surface area (Å²) in [6, 6.07) is 0. The largest absolute Gasteiger partial charge is 0.756 e. The average Bonchev–Trinajstić information content (AvgIpc) is 2.70. The van der Waals surface area contributed by atoms with Gasteiger partial charge in [0.1, 0.15) is 0 Å². The minimum absolute atomic E-state index is 0.162. The first-order valence-electron chi connectivity index (χ1n) is 12.9. The third-order valence-corrected chi connectivity index (χ3v) is 14.8. The van der Waals surface area contributed by atoms with E-state index in [-0.39, 0.29) is 12.2 Å². The third-order valence-electron chi connectivity index (χ3n) is 7.50. The standard InChI is InChI=1S/C24H48O4P2/c1-5-18-29(19-6-2,20-7-3)24(8-4)21-14-16-23(17-15-21)28-30(25,26)27-22-12-10-9-11-13-22/h21-24H,5-20H2,1-4H3. The van der Waals surface area contributed by atoms with Gasteiger partial charge in [-0.15, -0.1) is 0 Å². The van der Waals surface area contributed by atoms with E-state index in [0.29, 0.717) is 0 Å². The van der Waals surface area contributed by atoms with E-state index in [0.717, 1.165) is 62.9 Å². The summed E-state index contributed by atoms with van der Waals surface area (Å²) in [5, 5.41) is 0. The SMILES string of the molecule is CCC[P+](CCC)(CCC)C(CC)C1CCC(OP(=O)([O-])OC2CCCCC2)CC1. The zero-order chi connectivity index (χ0) is 22.0. The van der Waals surface area contributed by atoms with Gasteiger partial charge < -0.3 is 13.9 Å². The Kier molecular flexibility index (Phi) is 11.9. The minimum atomic E-state index is -4.19. The number of phosphoric acid groups is 1. The summed E-state index contributed by atoms with van der Waals surface area (Å²) < 4.78 is 23.4. The van der Waals surface area contributed by atoms with E-state index in [2.05, 4.69) is 27.7 Å². The fourth-order valence-electron chi connectivity index (χ4n) is 6.48. The van der Waals surface area contributed by atoms with E-state index in [9.17, 15) is 9.46 Å². The highest BCUT2D eigenvalue weighted by atomic mass is 31.2. The molecule has 2 fully saturated rings. The lowest BCUT2D eigenvalue weighted by molar-refractivity contribution is -0.235. The van der Waals surface area contributed by atoms with Crippen LogP contribution in [0.2, 0.25) is 0 Å². The molecule has 0 aliphatic heterocycles. The van der Waals surface area contributed by atoms with Crippen LogP contribution >= 0.6 is 15.1 Å². The molecule has 178 valence electrons. The zero-order valence-corrected chi connectivity index (χ0v) is 21.9. The molecule has 0 saturated heterocycles. The molecular formula is C24H48O4P2. The molecule has 0 aromatic carbocycles. The second-order valence-corrected chi connectivity index (χ2v) is 15.6. The Labute approximate surface area is 187 Å². The van der Waals surface area contributed by atoms with Gasteiger partial charge in [0, 0.05) is 7.26 Å². The highest BCUT2D eigenvalue weighted by molar-refractivity contribution is 7.76. The van der Waals surface area contributed by atoms with E-state index in [1.165, 1.54) is 50.6 Å². The molecule has 0 bridgehead atoms. The normalized spacial score (nSPS) is 27.0. The van der Waals surface area contributed by atoms with Gasteiger partial charge in [0.05, 0.1) is 36.4 Å². The van der Waals surface area contributed by atoms with Gasteiger partial charge in [0.15, 0.2) is 0 Å². The smallest absolute Gasteiger partial charge is 0.268 e. The second kappa shape index (κ2) is 13.3. The Morgan fingerprint density at radius 2 is 1.27 bits per heavy atom. The fourth-order valence-corrected chi connectivity index (χ4v) is 14.0. The summed E-state index contributed by atoms with van der Waals surface area (Å²) in [6.07, 6.45) is 18.1. The first-order chi connectivity index (χ1) is 14.4. The molecule has 2 aliphatic carbocycles. The van der Waals surface area contributed by atoms with Crippen molar-refractivity contribution in [1.29, 1.82) is 0 Å². The quantitative estimate of drug-likeness (QED) is 0.267. The van der Waals surface area contributed by atoms with E-state index in [4.69, 9.17) is 9.05 Å². The Morgan fingerprint density at radius 1 is 0.800 bits per heavy atom. The maximum atomic E-state index is 12.4. The molecule has 6 heteroatoms. The highest BCUT2D eigenvalue weighted by Gasteiger charge is 2.47. The summed E-state index contributed by atoms with van der Waals surface area (Å²) >= 11 is 0. The van der Waals surface area contributed by atoms with Gasteiger partial charge in [-0.25, -0.2) is 0 Å². The zero-order valence-electron chi connectivity index (χ0n) is 20.2. The Morgan fingerprint density at radius 3 is 1.70 bits per heavy atom. The molecule has 4 nitrogen and oxygen atoms in total. The molecule has 2 saturated carbocycles. The minimum Gasteiger partial charge on any atom is -0.756 e. The summed E-state index contributed by atoms with van der Waals surface area (Å²) in [5.41, 5.74) is 0.857. The number of hydrogen-bond acceptors (Lipinski definition) is 4. The van der Waals surface area contributed by atoms with Crippen molar-refractivity contribution in [3.8, 4) is 0 Å². The van der Waals surface area contributed by atoms with Gasteiger partial charge >= 0.3 is 0 Å². The predicted molar refractivity (Wildman–Crippen MR) is 129 cm³/mol. The number of hydrogen-bond donors (Lipinski definition) is 0. The van der Waals surface area contributed by atoms with Gasteiger partial charge in [0.2, 0.25) is 0 Å². The molecule has 0 radical (unpaired) electrons. The molecule has 30 heavy (non-hydrogen) atoms. The van der Waals surface area contributed by atoms with E-state index < -0.39 is 15.1 Å². The summed E-state index contributed by atoms with van der Waals surface area (Å²) in [5.74, 6) is 0.748. The molecule has 0 spiro atoms. The molecule has 2 aliphatic rings.